The fourth-order valence-electron chi connectivity index (χ4n) is 1.98. The Kier molecular flexibility index (Phi) is 10.4. The first-order valence-corrected chi connectivity index (χ1v) is 13.8. The Bertz CT molecular complexity index is 1170. The van der Waals surface area contributed by atoms with Gasteiger partial charge in [-0.1, -0.05) is 0 Å². The predicted molar refractivity (Wildman–Crippen MR) is 113 cm³/mol. The normalized spacial score (nSPS) is 12.0. The third-order valence-electron chi connectivity index (χ3n) is 3.58. The highest BCUT2D eigenvalue weighted by Gasteiger charge is 2.37. The summed E-state index contributed by atoms with van der Waals surface area (Å²) in [6.45, 7) is 0.739. The zero-order valence-electron chi connectivity index (χ0n) is 17.3. The fraction of sp³-hybridized carbons (Fsp3) is 0.538. The summed E-state index contributed by atoms with van der Waals surface area (Å²) in [6.07, 6.45) is 2.33. The maximum atomic E-state index is 10.9. The molecule has 0 aliphatic carbocycles. The van der Waals surface area contributed by atoms with Gasteiger partial charge in [0.1, 0.15) is 19.7 Å². The third kappa shape index (κ3) is 11.6. The average molecular weight is 537 g/mol. The molecule has 0 saturated carbocycles. The van der Waals surface area contributed by atoms with E-state index in [1.807, 2.05) is 0 Å². The molecule has 1 N–H and O–H groups in total. The first kappa shape index (κ1) is 30.2. The second kappa shape index (κ2) is 11.4. The average Bonchev–Trinajstić information content (AvgIpc) is 2.62. The highest BCUT2D eigenvalue weighted by Crippen LogP contribution is 2.36. The fourth-order valence-corrected chi connectivity index (χ4v) is 4.06. The maximum absolute atomic E-state index is 10.9. The number of hydrogen-bond donors (Lipinski definition) is 1. The molecule has 0 amide bonds. The smallest absolute Gasteiger partial charge is 0.304 e. The summed E-state index contributed by atoms with van der Waals surface area (Å²) in [5.74, 6) is 0.126. The molecule has 188 valence electrons. The van der Waals surface area contributed by atoms with Gasteiger partial charge in [-0.15, -0.1) is 0 Å². The van der Waals surface area contributed by atoms with E-state index in [1.165, 1.54) is 0 Å². The van der Waals surface area contributed by atoms with Crippen molar-refractivity contribution in [3.8, 4) is 0 Å². The van der Waals surface area contributed by atoms with Gasteiger partial charge >= 0.3 is 21.5 Å². The minimum atomic E-state index is -5.30. The van der Waals surface area contributed by atoms with Crippen molar-refractivity contribution in [2.45, 2.75) is 4.90 Å². The zero-order chi connectivity index (χ0) is 26.4. The van der Waals surface area contributed by atoms with Crippen LogP contribution in [0.3, 0.4) is 0 Å². The van der Waals surface area contributed by atoms with E-state index < -0.39 is 66.5 Å². The minimum Gasteiger partial charge on any atom is -0.304 e. The van der Waals surface area contributed by atoms with Gasteiger partial charge in [0.05, 0.1) is 38.4 Å². The van der Waals surface area contributed by atoms with Crippen LogP contribution < -0.4 is 0 Å². The first-order chi connectivity index (χ1) is 14.7. The second-order valence-corrected chi connectivity index (χ2v) is 12.5. The lowest BCUT2D eigenvalue weighted by molar-refractivity contribution is -0.407. The van der Waals surface area contributed by atoms with Crippen molar-refractivity contribution in [1.82, 2.24) is 4.90 Å². The molecular formula is C13H20N4O13S3. The van der Waals surface area contributed by atoms with Gasteiger partial charge in [0.15, 0.2) is 0 Å². The molecule has 1 aromatic rings. The van der Waals surface area contributed by atoms with Gasteiger partial charge < -0.3 is 4.90 Å². The van der Waals surface area contributed by atoms with Crippen molar-refractivity contribution in [3.05, 3.63) is 42.5 Å². The number of sulfone groups is 2. The van der Waals surface area contributed by atoms with Crippen LogP contribution in [0.4, 0.5) is 17.1 Å². The molecule has 20 heteroatoms. The van der Waals surface area contributed by atoms with E-state index in [1.54, 1.807) is 11.9 Å². The molecule has 0 aliphatic rings. The molecule has 1 aromatic carbocycles. The molecule has 0 aliphatic heterocycles. The van der Waals surface area contributed by atoms with Crippen molar-refractivity contribution < 1.29 is 44.6 Å². The number of non-ortho nitro benzene ring substituents is 1. The minimum absolute atomic E-state index is 0.0628. The van der Waals surface area contributed by atoms with Crippen LogP contribution in [0.15, 0.2) is 17.0 Å². The van der Waals surface area contributed by atoms with Crippen LogP contribution in [0, 0.1) is 30.3 Å². The number of rotatable bonds is 10. The molecule has 0 bridgehead atoms. The molecule has 0 heterocycles. The molecule has 0 unspecified atom stereocenters. The Morgan fingerprint density at radius 3 is 1.33 bits per heavy atom. The van der Waals surface area contributed by atoms with Crippen molar-refractivity contribution in [2.75, 3.05) is 44.2 Å². The lowest BCUT2D eigenvalue weighted by atomic mass is 10.2. The predicted octanol–water partition coefficient (Wildman–Crippen LogP) is -0.335. The summed E-state index contributed by atoms with van der Waals surface area (Å²) in [6, 6.07) is 0.409. The molecule has 0 spiro atoms. The van der Waals surface area contributed by atoms with Crippen LogP contribution in [-0.2, 0) is 29.8 Å². The highest BCUT2D eigenvalue weighted by molar-refractivity contribution is 7.91. The van der Waals surface area contributed by atoms with Gasteiger partial charge in [-0.2, -0.15) is 8.42 Å². The van der Waals surface area contributed by atoms with Gasteiger partial charge in [-0.3, -0.25) is 34.9 Å². The van der Waals surface area contributed by atoms with Gasteiger partial charge in [-0.05, 0) is 7.05 Å². The zero-order valence-corrected chi connectivity index (χ0v) is 19.8. The van der Waals surface area contributed by atoms with E-state index in [0.29, 0.717) is 13.1 Å². The standard InChI is InChI=1S/C7H17NO4S2.C6H3N3O9S/c1-8(4-6-13(2,9)10)5-7-14(3,11)12;10-7(11)3-1-4(8(12)13)6(19(16,17)18)5(2-3)9(14)15/h4-7H2,1-3H3;1-2H,(H,16,17,18). The number of benzene rings is 1. The lowest BCUT2D eigenvalue weighted by Crippen LogP contribution is -2.29. The van der Waals surface area contributed by atoms with E-state index in [9.17, 15) is 55.6 Å². The van der Waals surface area contributed by atoms with Gasteiger partial charge in [-0.25, -0.2) is 16.8 Å². The Morgan fingerprint density at radius 2 is 1.12 bits per heavy atom. The highest BCUT2D eigenvalue weighted by atomic mass is 32.2. The van der Waals surface area contributed by atoms with Gasteiger partial charge in [0.25, 0.3) is 5.69 Å². The summed E-state index contributed by atoms with van der Waals surface area (Å²) < 4.78 is 73.8. The number of hydrogen-bond acceptors (Lipinski definition) is 13. The van der Waals surface area contributed by atoms with Gasteiger partial charge in [0.2, 0.25) is 4.90 Å². The monoisotopic (exact) mass is 536 g/mol. The summed E-state index contributed by atoms with van der Waals surface area (Å²) in [5, 5.41) is 31.7. The van der Waals surface area contributed by atoms with Gasteiger partial charge in [0, 0.05) is 25.6 Å². The summed E-state index contributed by atoms with van der Waals surface area (Å²) in [5.41, 5.74) is -3.96. The molecule has 0 aromatic heterocycles. The largest absolute Gasteiger partial charge is 0.308 e. The molecule has 0 radical (unpaired) electrons. The molecule has 17 nitrogen and oxygen atoms in total. The SMILES string of the molecule is CN(CCS(C)(=O)=O)CCS(C)(=O)=O.O=[N+]([O-])c1cc([N+](=O)[O-])c(S(=O)(=O)O)c([N+](=O)[O-])c1. The Hall–Kier alpha value is -2.81. The molecule has 33 heavy (non-hydrogen) atoms. The number of nitro groups is 3. The Morgan fingerprint density at radius 1 is 0.788 bits per heavy atom. The molecule has 0 atom stereocenters. The lowest BCUT2D eigenvalue weighted by Gasteiger charge is -2.14. The summed E-state index contributed by atoms with van der Waals surface area (Å²) >= 11 is 0. The van der Waals surface area contributed by atoms with Crippen LogP contribution in [0.5, 0.6) is 0 Å². The van der Waals surface area contributed by atoms with Crippen LogP contribution in [0.2, 0.25) is 0 Å². The second-order valence-electron chi connectivity index (χ2n) is 6.62. The van der Waals surface area contributed by atoms with E-state index in [0.717, 1.165) is 12.5 Å². The maximum Gasteiger partial charge on any atom is 0.308 e. The Labute approximate surface area is 188 Å². The van der Waals surface area contributed by atoms with Crippen LogP contribution >= 0.6 is 0 Å². The van der Waals surface area contributed by atoms with E-state index >= 15 is 0 Å². The quantitative estimate of drug-likeness (QED) is 0.228. The van der Waals surface area contributed by atoms with Crippen LogP contribution in [0.1, 0.15) is 0 Å². The van der Waals surface area contributed by atoms with Crippen LogP contribution in [0.25, 0.3) is 0 Å². The van der Waals surface area contributed by atoms with E-state index in [2.05, 4.69) is 0 Å². The van der Waals surface area contributed by atoms with Crippen molar-refractivity contribution >= 4 is 46.9 Å². The molecule has 0 fully saturated rings. The van der Waals surface area contributed by atoms with Crippen molar-refractivity contribution in [3.63, 3.8) is 0 Å². The van der Waals surface area contributed by atoms with Crippen LogP contribution in [-0.4, -0.2) is 93.6 Å². The number of nitrogens with zero attached hydrogens (tertiary/aromatic N) is 4. The van der Waals surface area contributed by atoms with Crippen molar-refractivity contribution in [2.24, 2.45) is 0 Å². The molecule has 0 saturated heterocycles. The first-order valence-electron chi connectivity index (χ1n) is 8.28. The summed E-state index contributed by atoms with van der Waals surface area (Å²) in [7, 11) is -9.53. The van der Waals surface area contributed by atoms with Crippen molar-refractivity contribution in [1.29, 1.82) is 0 Å². The molecule has 1 rings (SSSR count). The number of nitro benzene ring substituents is 3. The third-order valence-corrected chi connectivity index (χ3v) is 6.37. The topological polar surface area (TPSA) is 255 Å². The van der Waals surface area contributed by atoms with E-state index in [-0.39, 0.29) is 23.6 Å². The Balaban J connectivity index is 0.000000653. The summed E-state index contributed by atoms with van der Waals surface area (Å²) in [4.78, 5) is 27.8. The molecular weight excluding hydrogens is 516 g/mol. The van der Waals surface area contributed by atoms with E-state index in [4.69, 9.17) is 4.55 Å².